The molecule has 0 aliphatic rings. The largest absolute Gasteiger partial charge is 0.420 e. The molecule has 28 heavy (non-hydrogen) atoms. The molecule has 0 fully saturated rings. The summed E-state index contributed by atoms with van der Waals surface area (Å²) >= 11 is 2.93. The lowest BCUT2D eigenvalue weighted by Crippen LogP contribution is -1.98. The van der Waals surface area contributed by atoms with E-state index in [1.165, 1.54) is 40.8 Å². The van der Waals surface area contributed by atoms with Gasteiger partial charge in [-0.25, -0.2) is 4.39 Å². The predicted molar refractivity (Wildman–Crippen MR) is 108 cm³/mol. The lowest BCUT2D eigenvalue weighted by atomic mass is 10.1. The Balaban J connectivity index is 1.31. The van der Waals surface area contributed by atoms with Crippen molar-refractivity contribution in [1.29, 1.82) is 0 Å². The van der Waals surface area contributed by atoms with E-state index < -0.39 is 0 Å². The highest BCUT2D eigenvalue weighted by molar-refractivity contribution is 8.00. The van der Waals surface area contributed by atoms with Crippen LogP contribution in [0.25, 0.3) is 11.5 Å². The van der Waals surface area contributed by atoms with Crippen molar-refractivity contribution in [2.45, 2.75) is 23.6 Å². The van der Waals surface area contributed by atoms with Crippen LogP contribution in [0.3, 0.4) is 0 Å². The fraction of sp³-hybridized carbons (Fsp3) is 0.158. The molecular formula is C19H16FN5OS2. The first-order valence-electron chi connectivity index (χ1n) is 8.50. The summed E-state index contributed by atoms with van der Waals surface area (Å²) in [6.45, 7) is 2.59. The molecule has 0 bridgehead atoms. The number of anilines is 1. The van der Waals surface area contributed by atoms with Crippen LogP contribution in [-0.2, 0) is 12.3 Å². The number of aryl methyl sites for hydroxylation is 1. The molecular weight excluding hydrogens is 397 g/mol. The summed E-state index contributed by atoms with van der Waals surface area (Å²) in [4.78, 5) is 0. The van der Waals surface area contributed by atoms with Gasteiger partial charge in [0.1, 0.15) is 5.82 Å². The van der Waals surface area contributed by atoms with Crippen molar-refractivity contribution in [2.24, 2.45) is 0 Å². The number of benzene rings is 2. The molecule has 0 radical (unpaired) electrons. The number of aromatic nitrogens is 4. The average molecular weight is 414 g/mol. The first-order valence-corrected chi connectivity index (χ1v) is 10.3. The van der Waals surface area contributed by atoms with Crippen LogP contribution >= 0.6 is 23.1 Å². The van der Waals surface area contributed by atoms with Crippen LogP contribution in [0.4, 0.5) is 9.52 Å². The van der Waals surface area contributed by atoms with Gasteiger partial charge in [-0.3, -0.25) is 0 Å². The van der Waals surface area contributed by atoms with Crippen LogP contribution in [0.5, 0.6) is 0 Å². The maximum Gasteiger partial charge on any atom is 0.247 e. The van der Waals surface area contributed by atoms with Gasteiger partial charge >= 0.3 is 0 Å². The van der Waals surface area contributed by atoms with Gasteiger partial charge in [-0.05, 0) is 36.8 Å². The number of hydrogen-bond acceptors (Lipinski definition) is 8. The smallest absolute Gasteiger partial charge is 0.247 e. The Labute approximate surface area is 169 Å². The van der Waals surface area contributed by atoms with E-state index in [-0.39, 0.29) is 5.82 Å². The molecule has 2 heterocycles. The van der Waals surface area contributed by atoms with Crippen molar-refractivity contribution < 1.29 is 8.81 Å². The molecule has 0 saturated heterocycles. The maximum absolute atomic E-state index is 12.9. The highest BCUT2D eigenvalue weighted by Gasteiger charge is 2.11. The molecule has 0 amide bonds. The predicted octanol–water partition coefficient (Wildman–Crippen LogP) is 4.94. The van der Waals surface area contributed by atoms with Crippen molar-refractivity contribution in [3.63, 3.8) is 0 Å². The number of nitrogens with zero attached hydrogens (tertiary/aromatic N) is 4. The third kappa shape index (κ3) is 4.73. The topological polar surface area (TPSA) is 76.7 Å². The molecule has 9 heteroatoms. The van der Waals surface area contributed by atoms with Crippen molar-refractivity contribution in [1.82, 2.24) is 20.4 Å². The molecule has 0 atom stereocenters. The second kappa shape index (κ2) is 8.49. The molecule has 0 spiro atoms. The van der Waals surface area contributed by atoms with E-state index in [0.29, 0.717) is 29.2 Å². The van der Waals surface area contributed by atoms with E-state index in [9.17, 15) is 4.39 Å². The summed E-state index contributed by atoms with van der Waals surface area (Å²) < 4.78 is 19.5. The second-order valence-electron chi connectivity index (χ2n) is 6.01. The lowest BCUT2D eigenvalue weighted by molar-refractivity contribution is 0.528. The van der Waals surface area contributed by atoms with Gasteiger partial charge in [0.15, 0.2) is 4.34 Å². The summed E-state index contributed by atoms with van der Waals surface area (Å²) in [6.07, 6.45) is 0. The number of thioether (sulfide) groups is 1. The van der Waals surface area contributed by atoms with Crippen LogP contribution in [0.1, 0.15) is 17.0 Å². The van der Waals surface area contributed by atoms with E-state index in [2.05, 4.69) is 25.7 Å². The third-order valence-electron chi connectivity index (χ3n) is 3.85. The summed E-state index contributed by atoms with van der Waals surface area (Å²) in [5.41, 5.74) is 3.05. The van der Waals surface area contributed by atoms with Crippen molar-refractivity contribution in [3.8, 4) is 11.5 Å². The quantitative estimate of drug-likeness (QED) is 0.430. The Morgan fingerprint density at radius 2 is 1.79 bits per heavy atom. The van der Waals surface area contributed by atoms with Gasteiger partial charge in [-0.2, -0.15) is 0 Å². The summed E-state index contributed by atoms with van der Waals surface area (Å²) in [7, 11) is 0. The highest BCUT2D eigenvalue weighted by Crippen LogP contribution is 2.29. The summed E-state index contributed by atoms with van der Waals surface area (Å²) in [5, 5.41) is 20.4. The van der Waals surface area contributed by atoms with E-state index in [1.54, 1.807) is 12.1 Å². The zero-order chi connectivity index (χ0) is 19.3. The molecule has 0 unspecified atom stereocenters. The molecule has 2 aromatic carbocycles. The van der Waals surface area contributed by atoms with E-state index in [4.69, 9.17) is 4.42 Å². The average Bonchev–Trinajstić information content (AvgIpc) is 3.36. The van der Waals surface area contributed by atoms with Gasteiger partial charge in [0.05, 0.1) is 5.75 Å². The number of hydrogen-bond donors (Lipinski definition) is 1. The molecule has 6 nitrogen and oxygen atoms in total. The Morgan fingerprint density at radius 3 is 2.57 bits per heavy atom. The minimum absolute atomic E-state index is 0.245. The van der Waals surface area contributed by atoms with E-state index in [0.717, 1.165) is 15.5 Å². The first-order chi connectivity index (χ1) is 13.7. The fourth-order valence-electron chi connectivity index (χ4n) is 2.37. The zero-order valence-electron chi connectivity index (χ0n) is 14.9. The lowest BCUT2D eigenvalue weighted by Gasteiger charge is -2.01. The molecule has 1 N–H and O–H groups in total. The van der Waals surface area contributed by atoms with Gasteiger partial charge in [-0.15, -0.1) is 20.4 Å². The zero-order valence-corrected chi connectivity index (χ0v) is 16.6. The third-order valence-corrected chi connectivity index (χ3v) is 5.85. The molecule has 0 saturated carbocycles. The van der Waals surface area contributed by atoms with E-state index >= 15 is 0 Å². The minimum Gasteiger partial charge on any atom is -0.420 e. The van der Waals surface area contributed by atoms with Gasteiger partial charge < -0.3 is 9.73 Å². The normalized spacial score (nSPS) is 10.9. The Hall–Kier alpha value is -2.78. The summed E-state index contributed by atoms with van der Waals surface area (Å²) in [6, 6.07) is 14.3. The second-order valence-corrected chi connectivity index (χ2v) is 8.21. The molecule has 2 aromatic heterocycles. The van der Waals surface area contributed by atoms with E-state index in [1.807, 2.05) is 31.2 Å². The molecule has 4 rings (SSSR count). The Kier molecular flexibility index (Phi) is 5.63. The van der Waals surface area contributed by atoms with Crippen molar-refractivity contribution >= 4 is 28.2 Å². The number of nitrogens with one attached hydrogen (secondary N) is 1. The molecule has 142 valence electrons. The number of rotatable bonds is 7. The Bertz CT molecular complexity index is 1050. The van der Waals surface area contributed by atoms with Crippen molar-refractivity contribution in [2.75, 3.05) is 5.32 Å². The SMILES string of the molecule is Cc1ccc(-c2nnc(CSc3nnc(NCc4ccc(F)cc4)s3)o2)cc1. The molecule has 0 aliphatic carbocycles. The molecule has 0 aliphatic heterocycles. The van der Waals surface area contributed by atoms with Crippen LogP contribution < -0.4 is 5.32 Å². The summed E-state index contributed by atoms with van der Waals surface area (Å²) in [5.74, 6) is 1.32. The van der Waals surface area contributed by atoms with Crippen LogP contribution in [0.15, 0.2) is 57.3 Å². The van der Waals surface area contributed by atoms with Crippen LogP contribution in [-0.4, -0.2) is 20.4 Å². The monoisotopic (exact) mass is 413 g/mol. The standard InChI is InChI=1S/C19H16FN5OS2/c1-12-2-6-14(7-3-12)17-23-22-16(26-17)11-27-19-25-24-18(28-19)21-10-13-4-8-15(20)9-5-13/h2-9H,10-11H2,1H3,(H,21,24). The fourth-order valence-corrected chi connectivity index (χ4v) is 3.95. The van der Waals surface area contributed by atoms with Crippen LogP contribution in [0.2, 0.25) is 0 Å². The van der Waals surface area contributed by atoms with Crippen LogP contribution in [0, 0.1) is 12.7 Å². The minimum atomic E-state index is -0.245. The highest BCUT2D eigenvalue weighted by atomic mass is 32.2. The number of halogens is 1. The Morgan fingerprint density at radius 1 is 1.00 bits per heavy atom. The molecule has 4 aromatic rings. The van der Waals surface area contributed by atoms with Gasteiger partial charge in [0.2, 0.25) is 16.9 Å². The van der Waals surface area contributed by atoms with Gasteiger partial charge in [0.25, 0.3) is 0 Å². The maximum atomic E-state index is 12.9. The van der Waals surface area contributed by atoms with Crippen molar-refractivity contribution in [3.05, 3.63) is 71.4 Å². The first kappa shape index (κ1) is 18.6. The van der Waals surface area contributed by atoms with Gasteiger partial charge in [-0.1, -0.05) is 52.9 Å². The van der Waals surface area contributed by atoms with Gasteiger partial charge in [0, 0.05) is 12.1 Å².